The molecule has 1 fully saturated rings. The smallest absolute Gasteiger partial charge is 0.251 e. The number of carbonyl (C=O) groups excluding carboxylic acids is 2. The van der Waals surface area contributed by atoms with Crippen LogP contribution in [-0.2, 0) is 14.3 Å². The van der Waals surface area contributed by atoms with E-state index in [2.05, 4.69) is 19.2 Å². The van der Waals surface area contributed by atoms with E-state index < -0.39 is 6.04 Å². The van der Waals surface area contributed by atoms with Crippen molar-refractivity contribution in [2.75, 3.05) is 18.6 Å². The summed E-state index contributed by atoms with van der Waals surface area (Å²) in [6, 6.07) is 8.61. The van der Waals surface area contributed by atoms with Crippen LogP contribution in [0, 0.1) is 5.92 Å². The van der Waals surface area contributed by atoms with Crippen molar-refractivity contribution in [3.63, 3.8) is 0 Å². The Labute approximate surface area is 125 Å². The molecule has 0 aromatic heterocycles. The van der Waals surface area contributed by atoms with Gasteiger partial charge in [-0.15, -0.1) is 0 Å². The average Bonchev–Trinajstić information content (AvgIpc) is 2.74. The Hall–Kier alpha value is -1.72. The number of rotatable bonds is 6. The number of anilines is 1. The molecule has 0 aliphatic carbocycles. The highest BCUT2D eigenvalue weighted by Gasteiger charge is 2.40. The van der Waals surface area contributed by atoms with E-state index in [0.29, 0.717) is 18.2 Å². The summed E-state index contributed by atoms with van der Waals surface area (Å²) in [6.07, 6.45) is 0.195. The standard InChI is InChI=1S/C16H22N2O3/c1-11(2)14(10-21-3)17-13-9-15(19)18(16(13)20)12-7-5-4-6-8-12/h4-8,11,13-14,17H,9-10H2,1-3H3. The minimum absolute atomic E-state index is 0.0486. The minimum atomic E-state index is -0.472. The maximum Gasteiger partial charge on any atom is 0.251 e. The summed E-state index contributed by atoms with van der Waals surface area (Å²) in [5.74, 6) is -0.0322. The van der Waals surface area contributed by atoms with Crippen LogP contribution in [0.2, 0.25) is 0 Å². The molecule has 0 saturated carbocycles. The lowest BCUT2D eigenvalue weighted by molar-refractivity contribution is -0.121. The molecule has 0 spiro atoms. The normalized spacial score (nSPS) is 20.4. The Morgan fingerprint density at radius 3 is 2.52 bits per heavy atom. The van der Waals surface area contributed by atoms with Gasteiger partial charge in [-0.2, -0.15) is 0 Å². The molecule has 5 heteroatoms. The number of methoxy groups -OCH3 is 1. The van der Waals surface area contributed by atoms with Gasteiger partial charge >= 0.3 is 0 Å². The molecule has 1 aliphatic rings. The van der Waals surface area contributed by atoms with E-state index >= 15 is 0 Å². The molecule has 21 heavy (non-hydrogen) atoms. The van der Waals surface area contributed by atoms with Gasteiger partial charge < -0.3 is 10.1 Å². The summed E-state index contributed by atoms with van der Waals surface area (Å²) in [7, 11) is 1.63. The zero-order valence-corrected chi connectivity index (χ0v) is 12.7. The number of ether oxygens (including phenoxy) is 1. The van der Waals surface area contributed by atoms with Crippen molar-refractivity contribution in [3.05, 3.63) is 30.3 Å². The van der Waals surface area contributed by atoms with Crippen LogP contribution < -0.4 is 10.2 Å². The number of hydrogen-bond acceptors (Lipinski definition) is 4. The molecular formula is C16H22N2O3. The Morgan fingerprint density at radius 2 is 1.95 bits per heavy atom. The fraction of sp³-hybridized carbons (Fsp3) is 0.500. The fourth-order valence-corrected chi connectivity index (χ4v) is 2.48. The molecule has 1 aromatic rings. The van der Waals surface area contributed by atoms with Crippen molar-refractivity contribution >= 4 is 17.5 Å². The van der Waals surface area contributed by atoms with Crippen LogP contribution in [0.5, 0.6) is 0 Å². The van der Waals surface area contributed by atoms with Crippen LogP contribution in [0.4, 0.5) is 5.69 Å². The molecule has 1 aromatic carbocycles. The van der Waals surface area contributed by atoms with Crippen molar-refractivity contribution < 1.29 is 14.3 Å². The lowest BCUT2D eigenvalue weighted by Gasteiger charge is -2.24. The third-order valence-electron chi connectivity index (χ3n) is 3.73. The van der Waals surface area contributed by atoms with Gasteiger partial charge in [0.05, 0.1) is 24.8 Å². The second-order valence-electron chi connectivity index (χ2n) is 5.63. The first kappa shape index (κ1) is 15.7. The highest BCUT2D eigenvalue weighted by Crippen LogP contribution is 2.23. The summed E-state index contributed by atoms with van der Waals surface area (Å²) in [5, 5.41) is 3.26. The molecule has 1 heterocycles. The number of nitrogens with zero attached hydrogens (tertiary/aromatic N) is 1. The van der Waals surface area contributed by atoms with Gasteiger partial charge in [-0.25, -0.2) is 4.90 Å². The molecule has 2 rings (SSSR count). The van der Waals surface area contributed by atoms with Crippen LogP contribution in [0.3, 0.4) is 0 Å². The topological polar surface area (TPSA) is 58.6 Å². The summed E-state index contributed by atoms with van der Waals surface area (Å²) >= 11 is 0. The van der Waals surface area contributed by atoms with Gasteiger partial charge in [-0.3, -0.25) is 9.59 Å². The van der Waals surface area contributed by atoms with Crippen LogP contribution in [0.15, 0.2) is 30.3 Å². The Balaban J connectivity index is 2.11. The van der Waals surface area contributed by atoms with Gasteiger partial charge in [0.15, 0.2) is 0 Å². The van der Waals surface area contributed by atoms with Gasteiger partial charge in [0.2, 0.25) is 5.91 Å². The largest absolute Gasteiger partial charge is 0.383 e. The zero-order valence-electron chi connectivity index (χ0n) is 12.7. The van der Waals surface area contributed by atoms with Crippen molar-refractivity contribution in [1.82, 2.24) is 5.32 Å². The van der Waals surface area contributed by atoms with Crippen molar-refractivity contribution in [2.45, 2.75) is 32.4 Å². The number of para-hydroxylation sites is 1. The van der Waals surface area contributed by atoms with Gasteiger partial charge in [0, 0.05) is 13.2 Å². The highest BCUT2D eigenvalue weighted by molar-refractivity contribution is 6.22. The van der Waals surface area contributed by atoms with E-state index in [1.54, 1.807) is 19.2 Å². The lowest BCUT2D eigenvalue weighted by Crippen LogP contribution is -2.47. The van der Waals surface area contributed by atoms with Gasteiger partial charge in [-0.05, 0) is 18.1 Å². The zero-order chi connectivity index (χ0) is 15.4. The van der Waals surface area contributed by atoms with Gasteiger partial charge in [0.25, 0.3) is 5.91 Å². The number of nitrogens with one attached hydrogen (secondary N) is 1. The number of benzene rings is 1. The fourth-order valence-electron chi connectivity index (χ4n) is 2.48. The number of hydrogen-bond donors (Lipinski definition) is 1. The first-order valence-electron chi connectivity index (χ1n) is 7.21. The van der Waals surface area contributed by atoms with Crippen LogP contribution in [-0.4, -0.2) is 37.6 Å². The summed E-state index contributed by atoms with van der Waals surface area (Å²) < 4.78 is 5.18. The molecule has 1 aliphatic heterocycles. The van der Waals surface area contributed by atoms with Crippen molar-refractivity contribution in [2.24, 2.45) is 5.92 Å². The van der Waals surface area contributed by atoms with Crippen LogP contribution in [0.25, 0.3) is 0 Å². The molecule has 5 nitrogen and oxygen atoms in total. The van der Waals surface area contributed by atoms with E-state index in [1.807, 2.05) is 18.2 Å². The molecule has 2 atom stereocenters. The first-order chi connectivity index (χ1) is 10.0. The van der Waals surface area contributed by atoms with E-state index in [4.69, 9.17) is 4.74 Å². The molecule has 1 N–H and O–H groups in total. The molecule has 0 bridgehead atoms. The maximum atomic E-state index is 12.5. The molecule has 114 valence electrons. The minimum Gasteiger partial charge on any atom is -0.383 e. The van der Waals surface area contributed by atoms with E-state index in [9.17, 15) is 9.59 Å². The van der Waals surface area contributed by atoms with E-state index in [0.717, 1.165) is 0 Å². The Bertz CT molecular complexity index is 502. The predicted molar refractivity (Wildman–Crippen MR) is 81.0 cm³/mol. The van der Waals surface area contributed by atoms with E-state index in [-0.39, 0.29) is 24.3 Å². The van der Waals surface area contributed by atoms with Gasteiger partial charge in [-0.1, -0.05) is 32.0 Å². The Morgan fingerprint density at radius 1 is 1.29 bits per heavy atom. The molecule has 0 radical (unpaired) electrons. The van der Waals surface area contributed by atoms with Crippen molar-refractivity contribution in [3.8, 4) is 0 Å². The SMILES string of the molecule is COCC(NC1CC(=O)N(c2ccccc2)C1=O)C(C)C. The summed E-state index contributed by atoms with van der Waals surface area (Å²) in [4.78, 5) is 25.9. The number of carbonyl (C=O) groups is 2. The van der Waals surface area contributed by atoms with Crippen molar-refractivity contribution in [1.29, 1.82) is 0 Å². The molecule has 1 saturated heterocycles. The molecular weight excluding hydrogens is 268 g/mol. The number of imide groups is 1. The van der Waals surface area contributed by atoms with Gasteiger partial charge in [0.1, 0.15) is 0 Å². The second-order valence-corrected chi connectivity index (χ2v) is 5.63. The summed E-state index contributed by atoms with van der Waals surface area (Å²) in [5.41, 5.74) is 0.629. The first-order valence-corrected chi connectivity index (χ1v) is 7.21. The molecule has 2 unspecified atom stereocenters. The third kappa shape index (κ3) is 3.49. The highest BCUT2D eigenvalue weighted by atomic mass is 16.5. The van der Waals surface area contributed by atoms with E-state index in [1.165, 1.54) is 4.90 Å². The predicted octanol–water partition coefficient (Wildman–Crippen LogP) is 1.58. The van der Waals surface area contributed by atoms with Crippen LogP contribution in [0.1, 0.15) is 20.3 Å². The lowest BCUT2D eigenvalue weighted by atomic mass is 10.0. The molecule has 2 amide bonds. The van der Waals surface area contributed by atoms with Crippen LogP contribution >= 0.6 is 0 Å². The monoisotopic (exact) mass is 290 g/mol. The Kier molecular flexibility index (Phi) is 5.09. The quantitative estimate of drug-likeness (QED) is 0.808. The third-order valence-corrected chi connectivity index (χ3v) is 3.73. The second kappa shape index (κ2) is 6.83. The summed E-state index contributed by atoms with van der Waals surface area (Å²) in [6.45, 7) is 4.64. The average molecular weight is 290 g/mol. The maximum absolute atomic E-state index is 12.5. The number of amides is 2.